The second kappa shape index (κ2) is 5.71. The summed E-state index contributed by atoms with van der Waals surface area (Å²) in [4.78, 5) is 11.8. The molecule has 1 aliphatic heterocycles. The Morgan fingerprint density at radius 1 is 1.30 bits per heavy atom. The molecule has 5 heteroatoms. The fraction of sp³-hybridized carbons (Fsp3) is 0.533. The van der Waals surface area contributed by atoms with Gasteiger partial charge in [0, 0.05) is 12.6 Å². The molecule has 1 unspecified atom stereocenters. The molecule has 3 rings (SSSR count). The van der Waals surface area contributed by atoms with Crippen molar-refractivity contribution in [3.8, 4) is 11.5 Å². The normalized spacial score (nSPS) is 18.4. The van der Waals surface area contributed by atoms with Gasteiger partial charge in [0.15, 0.2) is 11.5 Å². The molecule has 0 radical (unpaired) electrons. The van der Waals surface area contributed by atoms with E-state index in [1.54, 1.807) is 0 Å². The van der Waals surface area contributed by atoms with E-state index in [0.29, 0.717) is 25.8 Å². The van der Waals surface area contributed by atoms with Crippen LogP contribution in [0.2, 0.25) is 0 Å². The monoisotopic (exact) mass is 276 g/mol. The Morgan fingerprint density at radius 2 is 2.05 bits per heavy atom. The number of fused-ring (bicyclic) bond motifs is 1. The average Bonchev–Trinajstić information content (AvgIpc) is 3.28. The number of ether oxygens (including phenoxy) is 2. The van der Waals surface area contributed by atoms with Crippen LogP contribution in [0.25, 0.3) is 0 Å². The molecule has 1 aromatic rings. The molecule has 108 valence electrons. The first-order valence-electron chi connectivity index (χ1n) is 7.14. The van der Waals surface area contributed by atoms with Crippen LogP contribution in [0.3, 0.4) is 0 Å². The Balaban J connectivity index is 1.53. The van der Waals surface area contributed by atoms with Gasteiger partial charge in [0.25, 0.3) is 0 Å². The molecule has 2 N–H and O–H groups in total. The summed E-state index contributed by atoms with van der Waals surface area (Å²) in [6.07, 6.45) is 2.22. The highest BCUT2D eigenvalue weighted by molar-refractivity contribution is 5.81. The molecule has 1 aromatic carbocycles. The number of benzene rings is 1. The number of hydrogen-bond acceptors (Lipinski definition) is 4. The summed E-state index contributed by atoms with van der Waals surface area (Å²) in [7, 11) is 0. The third-order valence-electron chi connectivity index (χ3n) is 3.54. The smallest absolute Gasteiger partial charge is 0.237 e. The highest BCUT2D eigenvalue weighted by atomic mass is 16.6. The molecule has 1 fully saturated rings. The molecule has 0 bridgehead atoms. The van der Waals surface area contributed by atoms with Crippen molar-refractivity contribution in [2.24, 2.45) is 0 Å². The summed E-state index contributed by atoms with van der Waals surface area (Å²) >= 11 is 0. The first kappa shape index (κ1) is 13.2. The van der Waals surface area contributed by atoms with Crippen molar-refractivity contribution < 1.29 is 14.3 Å². The fourth-order valence-corrected chi connectivity index (χ4v) is 2.12. The number of hydrogen-bond donors (Lipinski definition) is 2. The number of carbonyl (C=O) groups excluding carboxylic acids is 1. The minimum Gasteiger partial charge on any atom is -0.486 e. The maximum Gasteiger partial charge on any atom is 0.237 e. The third-order valence-corrected chi connectivity index (χ3v) is 3.54. The second-order valence-electron chi connectivity index (χ2n) is 5.36. The summed E-state index contributed by atoms with van der Waals surface area (Å²) in [5.41, 5.74) is 1.08. The molecule has 20 heavy (non-hydrogen) atoms. The van der Waals surface area contributed by atoms with Gasteiger partial charge in [-0.25, -0.2) is 0 Å². The van der Waals surface area contributed by atoms with Crippen LogP contribution in [0.5, 0.6) is 11.5 Å². The van der Waals surface area contributed by atoms with Crippen LogP contribution in [0, 0.1) is 0 Å². The number of rotatable bonds is 5. The molecule has 0 spiro atoms. The van der Waals surface area contributed by atoms with Gasteiger partial charge in [-0.1, -0.05) is 6.07 Å². The summed E-state index contributed by atoms with van der Waals surface area (Å²) in [5.74, 6) is 1.65. The van der Waals surface area contributed by atoms with Gasteiger partial charge in [0.05, 0.1) is 6.04 Å². The van der Waals surface area contributed by atoms with Gasteiger partial charge in [-0.2, -0.15) is 0 Å². The predicted octanol–water partition coefficient (Wildman–Crippen LogP) is 1.21. The number of nitrogens with one attached hydrogen (secondary N) is 2. The molecule has 0 saturated heterocycles. The molecule has 1 heterocycles. The molecule has 1 aliphatic carbocycles. The Morgan fingerprint density at radius 3 is 2.80 bits per heavy atom. The topological polar surface area (TPSA) is 59.6 Å². The van der Waals surface area contributed by atoms with Gasteiger partial charge >= 0.3 is 0 Å². The van der Waals surface area contributed by atoms with Crippen LogP contribution in [-0.2, 0) is 11.3 Å². The highest BCUT2D eigenvalue weighted by Gasteiger charge is 2.25. The third kappa shape index (κ3) is 3.22. The van der Waals surface area contributed by atoms with E-state index in [1.807, 2.05) is 25.1 Å². The van der Waals surface area contributed by atoms with Crippen molar-refractivity contribution >= 4 is 5.91 Å². The zero-order chi connectivity index (χ0) is 13.9. The summed E-state index contributed by atoms with van der Waals surface area (Å²) < 4.78 is 11.0. The molecular weight excluding hydrogens is 256 g/mol. The molecular formula is C15H20N2O3. The summed E-state index contributed by atoms with van der Waals surface area (Å²) in [5, 5.41) is 6.22. The van der Waals surface area contributed by atoms with E-state index in [2.05, 4.69) is 10.6 Å². The standard InChI is InChI=1S/C15H20N2O3/c1-10(15(18)17-12-3-4-12)16-9-11-2-5-13-14(8-11)20-7-6-19-13/h2,5,8,10,12,16H,3-4,6-7,9H2,1H3,(H,17,18). The van der Waals surface area contributed by atoms with Crippen LogP contribution in [0.4, 0.5) is 0 Å². The van der Waals surface area contributed by atoms with E-state index in [0.717, 1.165) is 29.9 Å². The van der Waals surface area contributed by atoms with E-state index in [1.165, 1.54) is 0 Å². The van der Waals surface area contributed by atoms with E-state index >= 15 is 0 Å². The average molecular weight is 276 g/mol. The van der Waals surface area contributed by atoms with Crippen LogP contribution in [0.15, 0.2) is 18.2 Å². The van der Waals surface area contributed by atoms with Crippen LogP contribution in [0.1, 0.15) is 25.3 Å². The van der Waals surface area contributed by atoms with Crippen molar-refractivity contribution in [3.05, 3.63) is 23.8 Å². The Labute approximate surface area is 118 Å². The largest absolute Gasteiger partial charge is 0.486 e. The molecule has 1 atom stereocenters. The van der Waals surface area contributed by atoms with Crippen LogP contribution >= 0.6 is 0 Å². The number of carbonyl (C=O) groups is 1. The van der Waals surface area contributed by atoms with Crippen molar-refractivity contribution in [2.45, 2.75) is 38.4 Å². The van der Waals surface area contributed by atoms with Crippen LogP contribution < -0.4 is 20.1 Å². The van der Waals surface area contributed by atoms with Crippen molar-refractivity contribution in [1.82, 2.24) is 10.6 Å². The lowest BCUT2D eigenvalue weighted by atomic mass is 10.2. The zero-order valence-corrected chi connectivity index (χ0v) is 11.6. The molecule has 1 saturated carbocycles. The first-order chi connectivity index (χ1) is 9.72. The maximum absolute atomic E-state index is 11.8. The van der Waals surface area contributed by atoms with E-state index in [9.17, 15) is 4.79 Å². The van der Waals surface area contributed by atoms with Crippen LogP contribution in [-0.4, -0.2) is 31.2 Å². The van der Waals surface area contributed by atoms with Gasteiger partial charge in [-0.05, 0) is 37.5 Å². The Kier molecular flexibility index (Phi) is 3.78. The fourth-order valence-electron chi connectivity index (χ4n) is 2.12. The summed E-state index contributed by atoms with van der Waals surface area (Å²) in [6, 6.07) is 6.09. The predicted molar refractivity (Wildman–Crippen MR) is 74.9 cm³/mol. The lowest BCUT2D eigenvalue weighted by molar-refractivity contribution is -0.122. The second-order valence-corrected chi connectivity index (χ2v) is 5.36. The van der Waals surface area contributed by atoms with E-state index < -0.39 is 0 Å². The zero-order valence-electron chi connectivity index (χ0n) is 11.6. The minimum atomic E-state index is -0.191. The summed E-state index contributed by atoms with van der Waals surface area (Å²) in [6.45, 7) is 3.71. The Bertz CT molecular complexity index is 500. The van der Waals surface area contributed by atoms with E-state index in [4.69, 9.17) is 9.47 Å². The quantitative estimate of drug-likeness (QED) is 0.849. The first-order valence-corrected chi connectivity index (χ1v) is 7.14. The minimum absolute atomic E-state index is 0.0741. The Hall–Kier alpha value is -1.75. The van der Waals surface area contributed by atoms with Crippen molar-refractivity contribution in [3.63, 3.8) is 0 Å². The maximum atomic E-state index is 11.8. The molecule has 5 nitrogen and oxygen atoms in total. The molecule has 0 aromatic heterocycles. The lowest BCUT2D eigenvalue weighted by Gasteiger charge is -2.19. The van der Waals surface area contributed by atoms with Gasteiger partial charge < -0.3 is 20.1 Å². The lowest BCUT2D eigenvalue weighted by Crippen LogP contribution is -2.42. The van der Waals surface area contributed by atoms with E-state index in [-0.39, 0.29) is 11.9 Å². The van der Waals surface area contributed by atoms with Gasteiger partial charge in [-0.15, -0.1) is 0 Å². The van der Waals surface area contributed by atoms with Crippen molar-refractivity contribution in [2.75, 3.05) is 13.2 Å². The SMILES string of the molecule is CC(NCc1ccc2c(c1)OCCO2)C(=O)NC1CC1. The van der Waals surface area contributed by atoms with Gasteiger partial charge in [0.1, 0.15) is 13.2 Å². The van der Waals surface area contributed by atoms with Gasteiger partial charge in [0.2, 0.25) is 5.91 Å². The van der Waals surface area contributed by atoms with Crippen molar-refractivity contribution in [1.29, 1.82) is 0 Å². The van der Waals surface area contributed by atoms with Gasteiger partial charge in [-0.3, -0.25) is 4.79 Å². The highest BCUT2D eigenvalue weighted by Crippen LogP contribution is 2.30. The number of amides is 1. The molecule has 2 aliphatic rings. The molecule has 1 amide bonds.